The van der Waals surface area contributed by atoms with Crippen LogP contribution in [0.25, 0.3) is 0 Å². The molecule has 0 bridgehead atoms. The maximum absolute atomic E-state index is 13.1. The summed E-state index contributed by atoms with van der Waals surface area (Å²) in [6.45, 7) is 8.95. The highest BCUT2D eigenvalue weighted by molar-refractivity contribution is 5.94. The molecule has 3 rings (SSSR count). The van der Waals surface area contributed by atoms with Gasteiger partial charge in [0.2, 0.25) is 5.91 Å². The van der Waals surface area contributed by atoms with E-state index in [0.717, 1.165) is 70.8 Å². The quantitative estimate of drug-likeness (QED) is 0.701. The molecule has 0 aliphatic carbocycles. The number of hydrogen-bond acceptors (Lipinski definition) is 5. The summed E-state index contributed by atoms with van der Waals surface area (Å²) < 4.78 is 5.12. The number of nitrogens with zero attached hydrogens (tertiary/aromatic N) is 3. The van der Waals surface area contributed by atoms with Crippen LogP contribution in [0, 0.1) is 0 Å². The van der Waals surface area contributed by atoms with E-state index in [1.807, 2.05) is 4.90 Å². The fourth-order valence-corrected chi connectivity index (χ4v) is 4.40. The number of rotatable bonds is 8. The molecule has 2 heterocycles. The van der Waals surface area contributed by atoms with Crippen molar-refractivity contribution in [1.82, 2.24) is 20.0 Å². The van der Waals surface area contributed by atoms with Crippen LogP contribution < -0.4 is 10.1 Å². The molecule has 1 N–H and O–H groups in total. The molecule has 2 aliphatic heterocycles. The van der Waals surface area contributed by atoms with Crippen molar-refractivity contribution in [3.8, 4) is 5.75 Å². The second-order valence-corrected chi connectivity index (χ2v) is 8.20. The van der Waals surface area contributed by atoms with Gasteiger partial charge < -0.3 is 15.0 Å². The second kappa shape index (κ2) is 11.3. The predicted octanol–water partition coefficient (Wildman–Crippen LogP) is 1.83. The lowest BCUT2D eigenvalue weighted by Gasteiger charge is -2.40. The molecule has 166 valence electrons. The fourth-order valence-electron chi connectivity index (χ4n) is 4.40. The zero-order valence-corrected chi connectivity index (χ0v) is 18.4. The van der Waals surface area contributed by atoms with Crippen molar-refractivity contribution in [3.63, 3.8) is 0 Å². The Hall–Kier alpha value is -2.12. The van der Waals surface area contributed by atoms with E-state index in [2.05, 4.69) is 22.0 Å². The SMILES string of the molecule is CCCN1CCCCC1C(=O)N1CCN(CCNC(=O)c2ccc(OC)cc2)CC1. The summed E-state index contributed by atoms with van der Waals surface area (Å²) in [5, 5.41) is 2.98. The van der Waals surface area contributed by atoms with Crippen molar-refractivity contribution in [3.05, 3.63) is 29.8 Å². The Kier molecular flexibility index (Phi) is 8.51. The molecule has 1 atom stereocenters. The number of carbonyl (C=O) groups is 2. The monoisotopic (exact) mass is 416 g/mol. The number of piperidine rings is 1. The number of ether oxygens (including phenoxy) is 1. The van der Waals surface area contributed by atoms with E-state index in [-0.39, 0.29) is 11.9 Å². The summed E-state index contributed by atoms with van der Waals surface area (Å²) in [5.41, 5.74) is 0.635. The first kappa shape index (κ1) is 22.6. The van der Waals surface area contributed by atoms with Crippen molar-refractivity contribution in [2.45, 2.75) is 38.6 Å². The molecule has 7 nitrogen and oxygen atoms in total. The van der Waals surface area contributed by atoms with E-state index in [4.69, 9.17) is 4.74 Å². The summed E-state index contributed by atoms with van der Waals surface area (Å²) in [6, 6.07) is 7.20. The largest absolute Gasteiger partial charge is 0.497 e. The van der Waals surface area contributed by atoms with Crippen molar-refractivity contribution in [2.24, 2.45) is 0 Å². The van der Waals surface area contributed by atoms with Gasteiger partial charge in [-0.25, -0.2) is 0 Å². The molecule has 1 aromatic carbocycles. The number of hydrogen-bond donors (Lipinski definition) is 1. The van der Waals surface area contributed by atoms with Gasteiger partial charge in [0, 0.05) is 44.8 Å². The van der Waals surface area contributed by atoms with Gasteiger partial charge in [0.25, 0.3) is 5.91 Å². The molecule has 2 saturated heterocycles. The highest BCUT2D eigenvalue weighted by Crippen LogP contribution is 2.20. The van der Waals surface area contributed by atoms with Crippen LogP contribution in [0.1, 0.15) is 43.0 Å². The van der Waals surface area contributed by atoms with Crippen molar-refractivity contribution < 1.29 is 14.3 Å². The normalized spacial score (nSPS) is 20.7. The maximum Gasteiger partial charge on any atom is 0.251 e. The third kappa shape index (κ3) is 5.95. The lowest BCUT2D eigenvalue weighted by atomic mass is 10.00. The Balaban J connectivity index is 1.38. The first-order valence-electron chi connectivity index (χ1n) is 11.3. The van der Waals surface area contributed by atoms with Crippen molar-refractivity contribution in [2.75, 3.05) is 59.5 Å². The van der Waals surface area contributed by atoms with Gasteiger partial charge in [-0.1, -0.05) is 13.3 Å². The van der Waals surface area contributed by atoms with Crippen LogP contribution in [0.15, 0.2) is 24.3 Å². The van der Waals surface area contributed by atoms with Crippen molar-refractivity contribution >= 4 is 11.8 Å². The summed E-state index contributed by atoms with van der Waals surface area (Å²) in [7, 11) is 1.61. The average Bonchev–Trinajstić information content (AvgIpc) is 2.79. The molecule has 2 amide bonds. The van der Waals surface area contributed by atoms with Gasteiger partial charge in [0.1, 0.15) is 5.75 Å². The maximum atomic E-state index is 13.1. The molecule has 1 unspecified atom stereocenters. The minimum Gasteiger partial charge on any atom is -0.497 e. The first-order chi connectivity index (χ1) is 14.6. The van der Waals surface area contributed by atoms with Crippen LogP contribution in [0.3, 0.4) is 0 Å². The first-order valence-corrected chi connectivity index (χ1v) is 11.3. The fraction of sp³-hybridized carbons (Fsp3) is 0.652. The standard InChI is InChI=1S/C23H36N4O3/c1-3-12-26-13-5-4-6-21(26)23(29)27-17-15-25(16-18-27)14-11-24-22(28)19-7-9-20(30-2)10-8-19/h7-10,21H,3-6,11-18H2,1-2H3,(H,24,28). The number of amides is 2. The van der Waals surface area contributed by atoms with Crippen LogP contribution in [0.4, 0.5) is 0 Å². The number of methoxy groups -OCH3 is 1. The molecule has 0 aromatic heterocycles. The van der Waals surface area contributed by atoms with E-state index >= 15 is 0 Å². The molecular weight excluding hydrogens is 380 g/mol. The number of likely N-dealkylation sites (tertiary alicyclic amines) is 1. The highest BCUT2D eigenvalue weighted by Gasteiger charge is 2.32. The lowest BCUT2D eigenvalue weighted by molar-refractivity contribution is -0.140. The van der Waals surface area contributed by atoms with Gasteiger partial charge in [-0.2, -0.15) is 0 Å². The van der Waals surface area contributed by atoms with Gasteiger partial charge in [-0.3, -0.25) is 19.4 Å². The Morgan fingerprint density at radius 2 is 1.77 bits per heavy atom. The summed E-state index contributed by atoms with van der Waals surface area (Å²) in [4.78, 5) is 32.1. The number of piperazine rings is 1. The Labute approximate surface area is 180 Å². The molecule has 1 aromatic rings. The number of benzene rings is 1. The number of carbonyl (C=O) groups excluding carboxylic acids is 2. The van der Waals surface area contributed by atoms with E-state index in [9.17, 15) is 9.59 Å². The van der Waals surface area contributed by atoms with E-state index < -0.39 is 0 Å². The second-order valence-electron chi connectivity index (χ2n) is 8.20. The highest BCUT2D eigenvalue weighted by atomic mass is 16.5. The van der Waals surface area contributed by atoms with Gasteiger partial charge >= 0.3 is 0 Å². The topological polar surface area (TPSA) is 65.1 Å². The van der Waals surface area contributed by atoms with Crippen LogP contribution in [0.2, 0.25) is 0 Å². The molecule has 2 fully saturated rings. The smallest absolute Gasteiger partial charge is 0.251 e. The summed E-state index contributed by atoms with van der Waals surface area (Å²) >= 11 is 0. The van der Waals surface area contributed by atoms with E-state index in [0.29, 0.717) is 18.0 Å². The zero-order valence-electron chi connectivity index (χ0n) is 18.4. The zero-order chi connectivity index (χ0) is 21.3. The molecular formula is C23H36N4O3. The van der Waals surface area contributed by atoms with Crippen LogP contribution in [0.5, 0.6) is 5.75 Å². The number of nitrogens with one attached hydrogen (secondary N) is 1. The lowest BCUT2D eigenvalue weighted by Crippen LogP contribution is -2.56. The molecule has 2 aliphatic rings. The molecule has 0 radical (unpaired) electrons. The van der Waals surface area contributed by atoms with Gasteiger partial charge in [0.15, 0.2) is 0 Å². The van der Waals surface area contributed by atoms with E-state index in [1.165, 1.54) is 6.42 Å². The Morgan fingerprint density at radius 3 is 2.43 bits per heavy atom. The minimum absolute atomic E-state index is 0.0696. The minimum atomic E-state index is -0.0696. The average molecular weight is 417 g/mol. The molecule has 30 heavy (non-hydrogen) atoms. The molecule has 0 saturated carbocycles. The van der Waals surface area contributed by atoms with Crippen LogP contribution >= 0.6 is 0 Å². The third-order valence-corrected chi connectivity index (χ3v) is 6.16. The van der Waals surface area contributed by atoms with Crippen LogP contribution in [-0.2, 0) is 4.79 Å². The Morgan fingerprint density at radius 1 is 1.03 bits per heavy atom. The van der Waals surface area contributed by atoms with Gasteiger partial charge in [-0.05, 0) is 56.6 Å². The predicted molar refractivity (Wildman–Crippen MR) is 118 cm³/mol. The van der Waals surface area contributed by atoms with E-state index in [1.54, 1.807) is 31.4 Å². The van der Waals surface area contributed by atoms with Gasteiger partial charge in [-0.15, -0.1) is 0 Å². The van der Waals surface area contributed by atoms with Crippen molar-refractivity contribution in [1.29, 1.82) is 0 Å². The van der Waals surface area contributed by atoms with Gasteiger partial charge in [0.05, 0.1) is 13.2 Å². The molecule has 0 spiro atoms. The Bertz CT molecular complexity index is 684. The summed E-state index contributed by atoms with van der Waals surface area (Å²) in [6.07, 6.45) is 4.46. The molecule has 7 heteroatoms. The summed E-state index contributed by atoms with van der Waals surface area (Å²) in [5.74, 6) is 0.986. The third-order valence-electron chi connectivity index (χ3n) is 6.16. The van der Waals surface area contributed by atoms with Crippen LogP contribution in [-0.4, -0.2) is 92.0 Å².